The molecule has 11 rings (SSSR count). The largest absolute Gasteiger partial charge is 0.255 e. The molecule has 0 amide bonds. The summed E-state index contributed by atoms with van der Waals surface area (Å²) in [6.07, 6.45) is 0. The molecule has 9 aromatic carbocycles. The molecule has 4 nitrogen and oxygen atoms in total. The molecule has 4 heteroatoms. The normalized spacial score (nSPS) is 11.6. The maximum absolute atomic E-state index is 8.34. The summed E-state index contributed by atoms with van der Waals surface area (Å²) in [5.74, 6) is 0. The van der Waals surface area contributed by atoms with Crippen molar-refractivity contribution in [1.82, 2.24) is 15.0 Å². The predicted octanol–water partition coefficient (Wildman–Crippen LogP) is 14.0. The first-order valence-corrected chi connectivity index (χ1v) is 18.7. The molecule has 0 saturated carbocycles. The number of pyridine rings is 1. The molecule has 0 unspecified atom stereocenters. The van der Waals surface area contributed by atoms with Gasteiger partial charge in [-0.3, -0.25) is 4.98 Å². The SMILES string of the molecule is [C-]#[N+]c1cc2c(-c3ccc(-c4ccc5c6ccccc6c6ccccc6c5c4)cc3)nc3ccccc3c2c2nc(-c3ccccc3)c(-c3ccccc3)nc12. The van der Waals surface area contributed by atoms with E-state index < -0.39 is 0 Å². The highest BCUT2D eigenvalue weighted by Gasteiger charge is 2.21. The summed E-state index contributed by atoms with van der Waals surface area (Å²) in [6, 6.07) is 63.3. The minimum Gasteiger partial charge on any atom is -0.255 e. The van der Waals surface area contributed by atoms with Crippen LogP contribution in [0.3, 0.4) is 0 Å². The summed E-state index contributed by atoms with van der Waals surface area (Å²) in [5, 5.41) is 10.3. The number of fused-ring (bicyclic) bond motifs is 11. The van der Waals surface area contributed by atoms with Gasteiger partial charge in [0.05, 0.1) is 40.2 Å². The minimum atomic E-state index is 0.447. The van der Waals surface area contributed by atoms with Gasteiger partial charge >= 0.3 is 0 Å². The van der Waals surface area contributed by atoms with Gasteiger partial charge in [-0.15, -0.1) is 0 Å². The molecule has 2 heterocycles. The Kier molecular flexibility index (Phi) is 7.20. The zero-order valence-corrected chi connectivity index (χ0v) is 30.1. The van der Waals surface area contributed by atoms with Crippen molar-refractivity contribution in [3.05, 3.63) is 193 Å². The fourth-order valence-corrected chi connectivity index (χ4v) is 8.42. The smallest absolute Gasteiger partial charge is 0.215 e. The summed E-state index contributed by atoms with van der Waals surface area (Å²) >= 11 is 0. The molecular weight excluding hydrogens is 681 g/mol. The second kappa shape index (κ2) is 12.7. The summed E-state index contributed by atoms with van der Waals surface area (Å²) in [6.45, 7) is 8.34. The van der Waals surface area contributed by atoms with Gasteiger partial charge in [-0.25, -0.2) is 14.8 Å². The van der Waals surface area contributed by atoms with Gasteiger partial charge in [-0.1, -0.05) is 164 Å². The van der Waals surface area contributed by atoms with Crippen LogP contribution in [0.4, 0.5) is 5.69 Å². The minimum absolute atomic E-state index is 0.447. The van der Waals surface area contributed by atoms with Crippen molar-refractivity contribution in [2.75, 3.05) is 0 Å². The molecule has 0 aliphatic rings. The predicted molar refractivity (Wildman–Crippen MR) is 233 cm³/mol. The second-order valence-corrected chi connectivity index (χ2v) is 14.2. The van der Waals surface area contributed by atoms with Crippen molar-refractivity contribution < 1.29 is 0 Å². The van der Waals surface area contributed by atoms with Crippen LogP contribution in [0.2, 0.25) is 0 Å². The van der Waals surface area contributed by atoms with Crippen LogP contribution >= 0.6 is 0 Å². The molecule has 0 radical (unpaired) electrons. The van der Waals surface area contributed by atoms with E-state index >= 15 is 0 Å². The van der Waals surface area contributed by atoms with E-state index in [0.29, 0.717) is 16.7 Å². The molecule has 0 aliphatic heterocycles. The van der Waals surface area contributed by atoms with Crippen LogP contribution in [0.5, 0.6) is 0 Å². The monoisotopic (exact) mass is 710 g/mol. The van der Waals surface area contributed by atoms with Crippen LogP contribution in [0.25, 0.3) is 115 Å². The Hall–Kier alpha value is -7.74. The van der Waals surface area contributed by atoms with Crippen LogP contribution in [0.1, 0.15) is 0 Å². The molecule has 0 N–H and O–H groups in total. The van der Waals surface area contributed by atoms with Crippen molar-refractivity contribution in [2.24, 2.45) is 0 Å². The third kappa shape index (κ3) is 4.96. The maximum atomic E-state index is 8.34. The number of benzene rings is 9. The Morgan fingerprint density at radius 2 is 0.786 bits per heavy atom. The molecule has 0 spiro atoms. The van der Waals surface area contributed by atoms with Gasteiger partial charge in [0.25, 0.3) is 0 Å². The molecule has 56 heavy (non-hydrogen) atoms. The quantitative estimate of drug-likeness (QED) is 0.135. The molecule has 0 atom stereocenters. The van der Waals surface area contributed by atoms with E-state index in [-0.39, 0.29) is 0 Å². The fraction of sp³-hybridized carbons (Fsp3) is 0. The van der Waals surface area contributed by atoms with Crippen LogP contribution in [0, 0.1) is 6.57 Å². The fourth-order valence-electron chi connectivity index (χ4n) is 8.42. The first-order chi connectivity index (χ1) is 27.7. The van der Waals surface area contributed by atoms with Crippen molar-refractivity contribution in [3.63, 3.8) is 0 Å². The Labute approximate surface area is 322 Å². The average Bonchev–Trinajstić information content (AvgIpc) is 3.28. The Morgan fingerprint density at radius 3 is 1.39 bits per heavy atom. The Morgan fingerprint density at radius 1 is 0.321 bits per heavy atom. The van der Waals surface area contributed by atoms with Crippen LogP contribution in [0.15, 0.2) is 182 Å². The third-order valence-electron chi connectivity index (χ3n) is 11.0. The number of hydrogen-bond acceptors (Lipinski definition) is 3. The molecule has 0 fully saturated rings. The number of rotatable bonds is 4. The van der Waals surface area contributed by atoms with E-state index in [0.717, 1.165) is 66.6 Å². The van der Waals surface area contributed by atoms with Crippen LogP contribution in [-0.2, 0) is 0 Å². The first kappa shape index (κ1) is 31.8. The highest BCUT2D eigenvalue weighted by molar-refractivity contribution is 6.26. The highest BCUT2D eigenvalue weighted by Crippen LogP contribution is 2.43. The molecular formula is C52H30N4. The van der Waals surface area contributed by atoms with Crippen LogP contribution in [-0.4, -0.2) is 15.0 Å². The molecule has 0 saturated heterocycles. The van der Waals surface area contributed by atoms with Gasteiger partial charge in [-0.2, -0.15) is 0 Å². The van der Waals surface area contributed by atoms with Gasteiger partial charge in [0.2, 0.25) is 5.69 Å². The van der Waals surface area contributed by atoms with E-state index in [1.165, 1.54) is 32.3 Å². The van der Waals surface area contributed by atoms with Crippen molar-refractivity contribution in [2.45, 2.75) is 0 Å². The maximum Gasteiger partial charge on any atom is 0.215 e. The zero-order valence-electron chi connectivity index (χ0n) is 30.1. The lowest BCUT2D eigenvalue weighted by molar-refractivity contribution is 1.30. The molecule has 2 aromatic heterocycles. The van der Waals surface area contributed by atoms with Gasteiger partial charge in [0, 0.05) is 32.8 Å². The third-order valence-corrected chi connectivity index (χ3v) is 11.0. The van der Waals surface area contributed by atoms with Crippen molar-refractivity contribution in [3.8, 4) is 44.9 Å². The summed E-state index contributed by atoms with van der Waals surface area (Å²) in [5.41, 5.74) is 10.1. The van der Waals surface area contributed by atoms with Gasteiger partial charge in [-0.05, 0) is 61.6 Å². The van der Waals surface area contributed by atoms with E-state index in [9.17, 15) is 0 Å². The van der Waals surface area contributed by atoms with E-state index in [2.05, 4.69) is 114 Å². The van der Waals surface area contributed by atoms with E-state index in [1.807, 2.05) is 72.8 Å². The van der Waals surface area contributed by atoms with Gasteiger partial charge in [0.1, 0.15) is 0 Å². The summed E-state index contributed by atoms with van der Waals surface area (Å²) in [4.78, 5) is 20.0. The summed E-state index contributed by atoms with van der Waals surface area (Å²) < 4.78 is 0. The second-order valence-electron chi connectivity index (χ2n) is 14.2. The average molecular weight is 711 g/mol. The topological polar surface area (TPSA) is 43.0 Å². The summed E-state index contributed by atoms with van der Waals surface area (Å²) in [7, 11) is 0. The lowest BCUT2D eigenvalue weighted by Gasteiger charge is -2.16. The van der Waals surface area contributed by atoms with E-state index in [4.69, 9.17) is 21.5 Å². The lowest BCUT2D eigenvalue weighted by Crippen LogP contribution is -1.98. The molecule has 258 valence electrons. The van der Waals surface area contributed by atoms with Gasteiger partial charge in [0.15, 0.2) is 0 Å². The standard InChI is InChI=1S/C52H30N4/c1-53-46-31-44-47(52-51(46)55-49(33-14-4-2-5-15-33)50(56-52)34-16-6-3-7-17-34)42-22-12-13-23-45(42)54-48(44)35-26-24-32(25-27-35)36-28-29-41-39-20-9-8-18-37(39)38-19-10-11-21-40(38)43(41)30-36/h2-31H. The van der Waals surface area contributed by atoms with Crippen molar-refractivity contribution >= 4 is 70.7 Å². The Balaban J connectivity index is 1.12. The number of hydrogen-bond donors (Lipinski definition) is 0. The molecule has 11 aromatic rings. The van der Waals surface area contributed by atoms with Crippen molar-refractivity contribution in [1.29, 1.82) is 0 Å². The molecule has 0 bridgehead atoms. The first-order valence-electron chi connectivity index (χ1n) is 18.7. The van der Waals surface area contributed by atoms with Gasteiger partial charge < -0.3 is 0 Å². The number of nitrogens with zero attached hydrogens (tertiary/aromatic N) is 4. The number of para-hydroxylation sites is 1. The Bertz CT molecular complexity index is 3370. The zero-order chi connectivity index (χ0) is 37.2. The van der Waals surface area contributed by atoms with Crippen LogP contribution < -0.4 is 0 Å². The molecule has 0 aliphatic carbocycles. The number of aromatic nitrogens is 3. The highest BCUT2D eigenvalue weighted by atomic mass is 14.9. The van der Waals surface area contributed by atoms with E-state index in [1.54, 1.807) is 0 Å². The lowest BCUT2D eigenvalue weighted by atomic mass is 9.91.